The molecule has 0 saturated heterocycles. The van der Waals surface area contributed by atoms with Gasteiger partial charge in [0.1, 0.15) is 5.75 Å². The maximum absolute atomic E-state index is 6.13. The molecule has 5 nitrogen and oxygen atoms in total. The van der Waals surface area contributed by atoms with Crippen molar-refractivity contribution in [3.8, 4) is 28.5 Å². The number of ether oxygens (including phenoxy) is 1. The van der Waals surface area contributed by atoms with Gasteiger partial charge in [-0.05, 0) is 17.0 Å². The van der Waals surface area contributed by atoms with Crippen molar-refractivity contribution in [2.45, 2.75) is 26.2 Å². The molecule has 2 aromatic carbocycles. The molecule has 0 saturated carbocycles. The average molecular weight is 357 g/mol. The number of nitrogens with two attached hydrogens (primary N) is 1. The minimum atomic E-state index is 0.108. The molecule has 130 valence electrons. The third-order valence-electron chi connectivity index (χ3n) is 4.07. The fourth-order valence-electron chi connectivity index (χ4n) is 2.55. The summed E-state index contributed by atoms with van der Waals surface area (Å²) >= 11 is 6.13. The lowest BCUT2D eigenvalue weighted by molar-refractivity contribution is 0.416. The van der Waals surface area contributed by atoms with Crippen molar-refractivity contribution in [2.75, 3.05) is 12.8 Å². The number of methoxy groups -OCH3 is 1. The molecule has 1 aromatic heterocycles. The zero-order chi connectivity index (χ0) is 18.2. The second-order valence-corrected chi connectivity index (χ2v) is 7.32. The smallest absolute Gasteiger partial charge is 0.181 e. The minimum Gasteiger partial charge on any atom is -0.496 e. The zero-order valence-corrected chi connectivity index (χ0v) is 15.5. The maximum atomic E-state index is 6.13. The summed E-state index contributed by atoms with van der Waals surface area (Å²) in [5, 5.41) is 7.71. The monoisotopic (exact) mass is 356 g/mol. The van der Waals surface area contributed by atoms with E-state index in [2.05, 4.69) is 48.1 Å². The molecule has 0 unspecified atom stereocenters. The first-order chi connectivity index (χ1) is 11.8. The maximum Gasteiger partial charge on any atom is 0.181 e. The molecule has 0 radical (unpaired) electrons. The Morgan fingerprint density at radius 2 is 1.80 bits per heavy atom. The van der Waals surface area contributed by atoms with Crippen molar-refractivity contribution in [3.63, 3.8) is 0 Å². The molecule has 0 aliphatic heterocycles. The van der Waals surface area contributed by atoms with E-state index in [4.69, 9.17) is 22.1 Å². The van der Waals surface area contributed by atoms with Crippen molar-refractivity contribution in [1.82, 2.24) is 15.2 Å². The van der Waals surface area contributed by atoms with Gasteiger partial charge in [-0.3, -0.25) is 5.10 Å². The highest BCUT2D eigenvalue weighted by Gasteiger charge is 2.16. The highest BCUT2D eigenvalue weighted by Crippen LogP contribution is 2.35. The lowest BCUT2D eigenvalue weighted by Crippen LogP contribution is -2.10. The second-order valence-electron chi connectivity index (χ2n) is 6.91. The molecule has 6 heteroatoms. The largest absolute Gasteiger partial charge is 0.496 e. The first-order valence-electron chi connectivity index (χ1n) is 7.96. The summed E-state index contributed by atoms with van der Waals surface area (Å²) in [5.74, 6) is 1.78. The molecule has 1 heterocycles. The van der Waals surface area contributed by atoms with Gasteiger partial charge < -0.3 is 10.5 Å². The van der Waals surface area contributed by atoms with Crippen LogP contribution in [0.4, 0.5) is 5.69 Å². The van der Waals surface area contributed by atoms with E-state index in [1.165, 1.54) is 5.56 Å². The molecule has 0 bridgehead atoms. The summed E-state index contributed by atoms with van der Waals surface area (Å²) in [6.07, 6.45) is 0. The molecule has 3 aromatic rings. The van der Waals surface area contributed by atoms with Crippen molar-refractivity contribution in [2.24, 2.45) is 0 Å². The van der Waals surface area contributed by atoms with E-state index < -0.39 is 0 Å². The summed E-state index contributed by atoms with van der Waals surface area (Å²) in [5.41, 5.74) is 9.31. The minimum absolute atomic E-state index is 0.108. The van der Waals surface area contributed by atoms with Crippen molar-refractivity contribution >= 4 is 17.3 Å². The summed E-state index contributed by atoms with van der Waals surface area (Å²) in [6, 6.07) is 11.7. The van der Waals surface area contributed by atoms with Crippen LogP contribution in [0.3, 0.4) is 0 Å². The van der Waals surface area contributed by atoms with Crippen LogP contribution in [0.2, 0.25) is 5.02 Å². The molecule has 3 N–H and O–H groups in total. The summed E-state index contributed by atoms with van der Waals surface area (Å²) in [7, 11) is 1.58. The number of hydrogen-bond donors (Lipinski definition) is 2. The van der Waals surface area contributed by atoms with Crippen LogP contribution in [0.25, 0.3) is 22.8 Å². The van der Waals surface area contributed by atoms with E-state index >= 15 is 0 Å². The van der Waals surface area contributed by atoms with Gasteiger partial charge in [-0.15, -0.1) is 0 Å². The molecular formula is C19H21ClN4O. The van der Waals surface area contributed by atoms with Gasteiger partial charge in [0.05, 0.1) is 23.4 Å². The number of anilines is 1. The molecule has 0 aliphatic rings. The first-order valence-corrected chi connectivity index (χ1v) is 8.34. The standard InChI is InChI=1S/C19H21ClN4O/c1-19(2,3)12-7-5-11(6-8-12)17-22-18(24-23-17)13-9-14(20)15(21)10-16(13)25-4/h5-10H,21H2,1-4H3,(H,22,23,24). The molecular weight excluding hydrogens is 336 g/mol. The number of nitrogens with zero attached hydrogens (tertiary/aromatic N) is 2. The van der Waals surface area contributed by atoms with Gasteiger partial charge >= 0.3 is 0 Å². The summed E-state index contributed by atoms with van der Waals surface area (Å²) in [6.45, 7) is 6.55. The Balaban J connectivity index is 1.97. The Labute approximate surface area is 152 Å². The molecule has 0 fully saturated rings. The van der Waals surface area contributed by atoms with Crippen LogP contribution in [-0.2, 0) is 5.41 Å². The second kappa shape index (κ2) is 6.41. The molecule has 0 amide bonds. The molecule has 3 rings (SSSR count). The lowest BCUT2D eigenvalue weighted by Gasteiger charge is -2.18. The first kappa shape index (κ1) is 17.3. The number of aromatic nitrogens is 3. The predicted molar refractivity (Wildman–Crippen MR) is 102 cm³/mol. The third kappa shape index (κ3) is 3.46. The SMILES string of the molecule is COc1cc(N)c(Cl)cc1-c1nc(-c2ccc(C(C)(C)C)cc2)n[nH]1. The van der Waals surface area contributed by atoms with Crippen LogP contribution in [0.5, 0.6) is 5.75 Å². The Morgan fingerprint density at radius 3 is 2.40 bits per heavy atom. The van der Waals surface area contributed by atoms with Gasteiger partial charge in [0.25, 0.3) is 0 Å². The Bertz CT molecular complexity index is 895. The van der Waals surface area contributed by atoms with E-state index in [9.17, 15) is 0 Å². The highest BCUT2D eigenvalue weighted by atomic mass is 35.5. The van der Waals surface area contributed by atoms with Crippen LogP contribution in [0.1, 0.15) is 26.3 Å². The number of rotatable bonds is 3. The van der Waals surface area contributed by atoms with Crippen LogP contribution in [-0.4, -0.2) is 22.3 Å². The number of hydrogen-bond acceptors (Lipinski definition) is 4. The molecule has 25 heavy (non-hydrogen) atoms. The van der Waals surface area contributed by atoms with E-state index in [1.54, 1.807) is 19.2 Å². The fourth-order valence-corrected chi connectivity index (χ4v) is 2.72. The number of halogens is 1. The van der Waals surface area contributed by atoms with Gasteiger partial charge in [0, 0.05) is 11.6 Å². The van der Waals surface area contributed by atoms with Crippen molar-refractivity contribution < 1.29 is 4.74 Å². The van der Waals surface area contributed by atoms with E-state index in [0.29, 0.717) is 33.7 Å². The normalized spacial score (nSPS) is 11.6. The van der Waals surface area contributed by atoms with E-state index in [1.807, 2.05) is 12.1 Å². The number of nitrogens with one attached hydrogen (secondary N) is 1. The molecule has 0 atom stereocenters. The Morgan fingerprint density at radius 1 is 1.12 bits per heavy atom. The van der Waals surface area contributed by atoms with E-state index in [0.717, 1.165) is 5.56 Å². The zero-order valence-electron chi connectivity index (χ0n) is 14.7. The summed E-state index contributed by atoms with van der Waals surface area (Å²) in [4.78, 5) is 4.58. The topological polar surface area (TPSA) is 76.8 Å². The van der Waals surface area contributed by atoms with Crippen LogP contribution < -0.4 is 10.5 Å². The van der Waals surface area contributed by atoms with Gasteiger partial charge in [0.15, 0.2) is 11.6 Å². The molecule has 0 spiro atoms. The van der Waals surface area contributed by atoms with Gasteiger partial charge in [-0.1, -0.05) is 56.6 Å². The highest BCUT2D eigenvalue weighted by molar-refractivity contribution is 6.33. The van der Waals surface area contributed by atoms with Crippen LogP contribution >= 0.6 is 11.6 Å². The van der Waals surface area contributed by atoms with Gasteiger partial charge in [-0.25, -0.2) is 4.98 Å². The molecule has 0 aliphatic carbocycles. The Kier molecular flexibility index (Phi) is 4.43. The number of benzene rings is 2. The van der Waals surface area contributed by atoms with Crippen molar-refractivity contribution in [1.29, 1.82) is 0 Å². The van der Waals surface area contributed by atoms with Crippen LogP contribution in [0.15, 0.2) is 36.4 Å². The summed E-state index contributed by atoms with van der Waals surface area (Å²) < 4.78 is 5.38. The van der Waals surface area contributed by atoms with Crippen LogP contribution in [0, 0.1) is 0 Å². The fraction of sp³-hybridized carbons (Fsp3) is 0.263. The number of H-pyrrole nitrogens is 1. The van der Waals surface area contributed by atoms with Gasteiger partial charge in [-0.2, -0.15) is 5.10 Å². The van der Waals surface area contributed by atoms with Crippen molar-refractivity contribution in [3.05, 3.63) is 47.0 Å². The number of aromatic amines is 1. The average Bonchev–Trinajstić information content (AvgIpc) is 3.06. The third-order valence-corrected chi connectivity index (χ3v) is 4.40. The van der Waals surface area contributed by atoms with Gasteiger partial charge in [0.2, 0.25) is 0 Å². The van der Waals surface area contributed by atoms with E-state index in [-0.39, 0.29) is 5.41 Å². The Hall–Kier alpha value is -2.53. The lowest BCUT2D eigenvalue weighted by atomic mass is 9.87. The number of nitrogen functional groups attached to an aromatic ring is 1. The predicted octanol–water partition coefficient (Wildman–Crippen LogP) is 4.68. The quantitative estimate of drug-likeness (QED) is 0.668.